The zero-order valence-electron chi connectivity index (χ0n) is 21.7. The molecule has 0 bridgehead atoms. The minimum atomic E-state index is -0.0776. The number of amides is 1. The van der Waals surface area contributed by atoms with Crippen molar-refractivity contribution in [2.24, 2.45) is 0 Å². The first-order valence-electron chi connectivity index (χ1n) is 13.2. The molecule has 0 aliphatic carbocycles. The third-order valence-corrected chi connectivity index (χ3v) is 7.70. The molecule has 0 atom stereocenters. The van der Waals surface area contributed by atoms with Crippen LogP contribution in [0.1, 0.15) is 16.1 Å². The number of benzene rings is 3. The normalized spacial score (nSPS) is 15.1. The Morgan fingerprint density at radius 2 is 1.60 bits per heavy atom. The molecule has 5 aromatic rings. The Labute approximate surface area is 236 Å². The van der Waals surface area contributed by atoms with Crippen molar-refractivity contribution < 1.29 is 14.3 Å². The zero-order valence-corrected chi connectivity index (χ0v) is 22.4. The molecule has 0 spiro atoms. The number of rotatable bonds is 5. The molecule has 0 unspecified atom stereocenters. The fraction of sp³-hybridized carbons (Fsp3) is 0.194. The molecule has 9 heteroatoms. The van der Waals surface area contributed by atoms with E-state index in [0.29, 0.717) is 35.1 Å². The van der Waals surface area contributed by atoms with Crippen LogP contribution in [0.5, 0.6) is 11.5 Å². The summed E-state index contributed by atoms with van der Waals surface area (Å²) in [5, 5.41) is 5.38. The number of ether oxygens (including phenoxy) is 2. The second-order valence-electron chi connectivity index (χ2n) is 9.93. The standard InChI is InChI=1S/C31H26ClN5O3/c32-24-9-5-4-8-23(24)26-17-27(37-30(33-26)18-25(34-37)22-6-2-1-3-7-22)31(38)36-14-12-35(13-15-36)19-21-10-11-28-29(16-21)40-20-39-28/h1-11,16-18H,12-15,19-20H2. The Morgan fingerprint density at radius 1 is 0.825 bits per heavy atom. The van der Waals surface area contributed by atoms with Crippen LogP contribution < -0.4 is 9.47 Å². The van der Waals surface area contributed by atoms with E-state index in [9.17, 15) is 4.79 Å². The lowest BCUT2D eigenvalue weighted by Crippen LogP contribution is -2.48. The fourth-order valence-corrected chi connectivity index (χ4v) is 5.48. The van der Waals surface area contributed by atoms with Gasteiger partial charge in [0.15, 0.2) is 17.1 Å². The van der Waals surface area contributed by atoms with E-state index in [2.05, 4.69) is 11.0 Å². The second-order valence-corrected chi connectivity index (χ2v) is 10.3. The van der Waals surface area contributed by atoms with E-state index in [1.165, 1.54) is 0 Å². The SMILES string of the molecule is O=C(c1cc(-c2ccccc2Cl)nc2cc(-c3ccccc3)nn12)N1CCN(Cc2ccc3c(c2)OCO3)CC1. The van der Waals surface area contributed by atoms with E-state index in [-0.39, 0.29) is 12.7 Å². The second kappa shape index (κ2) is 10.3. The van der Waals surface area contributed by atoms with Crippen molar-refractivity contribution in [3.63, 3.8) is 0 Å². The van der Waals surface area contributed by atoms with Gasteiger partial charge in [0.2, 0.25) is 6.79 Å². The highest BCUT2D eigenvalue weighted by atomic mass is 35.5. The molecule has 1 fully saturated rings. The molecule has 4 heterocycles. The summed E-state index contributed by atoms with van der Waals surface area (Å²) in [4.78, 5) is 23.1. The number of carbonyl (C=O) groups is 1. The number of carbonyl (C=O) groups excluding carboxylic acids is 1. The van der Waals surface area contributed by atoms with Gasteiger partial charge in [-0.05, 0) is 29.8 Å². The van der Waals surface area contributed by atoms with Crippen LogP contribution in [-0.4, -0.2) is 63.3 Å². The van der Waals surface area contributed by atoms with E-state index < -0.39 is 0 Å². The first-order chi connectivity index (χ1) is 19.6. The topological polar surface area (TPSA) is 72.2 Å². The van der Waals surface area contributed by atoms with Gasteiger partial charge in [0.1, 0.15) is 5.69 Å². The van der Waals surface area contributed by atoms with Crippen LogP contribution in [0.15, 0.2) is 84.9 Å². The Bertz CT molecular complexity index is 1710. The summed E-state index contributed by atoms with van der Waals surface area (Å²) >= 11 is 6.53. The molecule has 0 saturated carbocycles. The van der Waals surface area contributed by atoms with Gasteiger partial charge in [0.05, 0.1) is 11.4 Å². The fourth-order valence-electron chi connectivity index (χ4n) is 5.25. The number of hydrogen-bond acceptors (Lipinski definition) is 6. The summed E-state index contributed by atoms with van der Waals surface area (Å²) in [5.74, 6) is 1.50. The lowest BCUT2D eigenvalue weighted by molar-refractivity contribution is 0.0620. The van der Waals surface area contributed by atoms with Crippen molar-refractivity contribution in [2.45, 2.75) is 6.54 Å². The zero-order chi connectivity index (χ0) is 27.1. The van der Waals surface area contributed by atoms with Crippen LogP contribution in [0, 0.1) is 0 Å². The Morgan fingerprint density at radius 3 is 2.42 bits per heavy atom. The van der Waals surface area contributed by atoms with Gasteiger partial charge in [0.25, 0.3) is 5.91 Å². The minimum absolute atomic E-state index is 0.0776. The summed E-state index contributed by atoms with van der Waals surface area (Å²) < 4.78 is 12.6. The largest absolute Gasteiger partial charge is 0.454 e. The van der Waals surface area contributed by atoms with Crippen molar-refractivity contribution in [3.8, 4) is 34.0 Å². The van der Waals surface area contributed by atoms with E-state index in [0.717, 1.165) is 53.5 Å². The summed E-state index contributed by atoms with van der Waals surface area (Å²) in [6.45, 7) is 3.81. The molecular formula is C31H26ClN5O3. The molecule has 2 aliphatic rings. The number of hydrogen-bond donors (Lipinski definition) is 0. The van der Waals surface area contributed by atoms with Crippen LogP contribution in [-0.2, 0) is 6.54 Å². The Balaban J connectivity index is 1.17. The lowest BCUT2D eigenvalue weighted by atomic mass is 10.1. The third kappa shape index (κ3) is 4.65. The molecule has 200 valence electrons. The van der Waals surface area contributed by atoms with Gasteiger partial charge in [-0.2, -0.15) is 5.10 Å². The maximum Gasteiger partial charge on any atom is 0.272 e. The molecule has 2 aromatic heterocycles. The van der Waals surface area contributed by atoms with Crippen molar-refractivity contribution in [1.82, 2.24) is 24.4 Å². The minimum Gasteiger partial charge on any atom is -0.454 e. The van der Waals surface area contributed by atoms with Gasteiger partial charge in [0, 0.05) is 54.9 Å². The van der Waals surface area contributed by atoms with Gasteiger partial charge >= 0.3 is 0 Å². The van der Waals surface area contributed by atoms with Crippen molar-refractivity contribution >= 4 is 23.2 Å². The lowest BCUT2D eigenvalue weighted by Gasteiger charge is -2.34. The maximum absolute atomic E-state index is 14.0. The first kappa shape index (κ1) is 24.6. The van der Waals surface area contributed by atoms with E-state index >= 15 is 0 Å². The molecule has 1 saturated heterocycles. The van der Waals surface area contributed by atoms with E-state index in [4.69, 9.17) is 31.2 Å². The summed E-state index contributed by atoms with van der Waals surface area (Å²) in [6, 6.07) is 27.2. The number of fused-ring (bicyclic) bond motifs is 2. The van der Waals surface area contributed by atoms with Gasteiger partial charge < -0.3 is 14.4 Å². The van der Waals surface area contributed by atoms with Gasteiger partial charge in [-0.15, -0.1) is 0 Å². The Hall–Kier alpha value is -4.40. The van der Waals surface area contributed by atoms with Crippen LogP contribution in [0.25, 0.3) is 28.2 Å². The molecule has 40 heavy (non-hydrogen) atoms. The molecular weight excluding hydrogens is 526 g/mol. The van der Waals surface area contributed by atoms with Gasteiger partial charge in [-0.25, -0.2) is 9.50 Å². The molecule has 8 nitrogen and oxygen atoms in total. The maximum atomic E-state index is 14.0. The van der Waals surface area contributed by atoms with Gasteiger partial charge in [-0.1, -0.05) is 66.2 Å². The predicted octanol–water partition coefficient (Wildman–Crippen LogP) is 5.40. The van der Waals surface area contributed by atoms with Crippen LogP contribution in [0.3, 0.4) is 0 Å². The first-order valence-corrected chi connectivity index (χ1v) is 13.6. The average molecular weight is 552 g/mol. The summed E-state index contributed by atoms with van der Waals surface area (Å²) in [7, 11) is 0. The third-order valence-electron chi connectivity index (χ3n) is 7.37. The number of piperazine rings is 1. The molecule has 7 rings (SSSR count). The molecule has 1 amide bonds. The number of nitrogens with zero attached hydrogens (tertiary/aromatic N) is 5. The molecule has 3 aromatic carbocycles. The van der Waals surface area contributed by atoms with Crippen molar-refractivity contribution in [3.05, 3.63) is 101 Å². The highest BCUT2D eigenvalue weighted by molar-refractivity contribution is 6.33. The highest BCUT2D eigenvalue weighted by Crippen LogP contribution is 2.33. The predicted molar refractivity (Wildman–Crippen MR) is 153 cm³/mol. The number of halogens is 1. The van der Waals surface area contributed by atoms with Crippen LogP contribution in [0.4, 0.5) is 0 Å². The Kier molecular flexibility index (Phi) is 6.34. The molecule has 0 N–H and O–H groups in total. The quantitative estimate of drug-likeness (QED) is 0.291. The van der Waals surface area contributed by atoms with Crippen LogP contribution in [0.2, 0.25) is 5.02 Å². The summed E-state index contributed by atoms with van der Waals surface area (Å²) in [6.07, 6.45) is 0. The van der Waals surface area contributed by atoms with Crippen molar-refractivity contribution in [1.29, 1.82) is 0 Å². The average Bonchev–Trinajstić information content (AvgIpc) is 3.64. The monoisotopic (exact) mass is 551 g/mol. The number of aromatic nitrogens is 3. The van der Waals surface area contributed by atoms with E-state index in [1.807, 2.05) is 77.7 Å². The van der Waals surface area contributed by atoms with Gasteiger partial charge in [-0.3, -0.25) is 9.69 Å². The van der Waals surface area contributed by atoms with Crippen molar-refractivity contribution in [2.75, 3.05) is 33.0 Å². The van der Waals surface area contributed by atoms with E-state index in [1.54, 1.807) is 10.6 Å². The molecule has 2 aliphatic heterocycles. The summed E-state index contributed by atoms with van der Waals surface area (Å²) in [5.41, 5.74) is 5.36. The van der Waals surface area contributed by atoms with Crippen LogP contribution >= 0.6 is 11.6 Å². The smallest absolute Gasteiger partial charge is 0.272 e. The highest BCUT2D eigenvalue weighted by Gasteiger charge is 2.26. The molecule has 0 radical (unpaired) electrons.